The zero-order valence-electron chi connectivity index (χ0n) is 24.0. The van der Waals surface area contributed by atoms with Crippen molar-refractivity contribution in [3.05, 3.63) is 122 Å². The van der Waals surface area contributed by atoms with E-state index in [1.54, 1.807) is 24.4 Å². The van der Waals surface area contributed by atoms with Crippen LogP contribution >= 0.6 is 34.8 Å². The molecule has 5 rings (SSSR count). The highest BCUT2D eigenvalue weighted by Gasteiger charge is 2.20. The van der Waals surface area contributed by atoms with Crippen LogP contribution in [0.15, 0.2) is 85.1 Å². The van der Waals surface area contributed by atoms with E-state index in [-0.39, 0.29) is 5.91 Å². The van der Waals surface area contributed by atoms with E-state index in [2.05, 4.69) is 9.88 Å². The molecule has 1 fully saturated rings. The fourth-order valence-electron chi connectivity index (χ4n) is 4.82. The summed E-state index contributed by atoms with van der Waals surface area (Å²) in [6.07, 6.45) is 3.28. The second-order valence-electron chi connectivity index (χ2n) is 10.5. The molecule has 0 radical (unpaired) electrons. The molecule has 6 nitrogen and oxygen atoms in total. The van der Waals surface area contributed by atoms with Crippen molar-refractivity contribution < 1.29 is 14.3 Å². The maximum atomic E-state index is 13.1. The number of allylic oxidation sites excluding steroid dienone is 1. The number of piperazine rings is 1. The molecule has 0 atom stereocenters. The lowest BCUT2D eigenvalue weighted by Gasteiger charge is -2.34. The third-order valence-electron chi connectivity index (χ3n) is 7.30. The number of amides is 1. The first-order chi connectivity index (χ1) is 20.7. The van der Waals surface area contributed by atoms with Gasteiger partial charge in [-0.15, -0.1) is 0 Å². The van der Waals surface area contributed by atoms with Crippen LogP contribution in [-0.4, -0.2) is 46.9 Å². The van der Waals surface area contributed by atoms with Gasteiger partial charge in [0.2, 0.25) is 11.8 Å². The average molecular weight is 637 g/mol. The van der Waals surface area contributed by atoms with Gasteiger partial charge in [-0.25, -0.2) is 4.98 Å². The number of carbonyl (C=O) groups is 1. The van der Waals surface area contributed by atoms with Crippen LogP contribution in [0.5, 0.6) is 17.4 Å². The zero-order valence-corrected chi connectivity index (χ0v) is 26.3. The molecule has 9 heteroatoms. The summed E-state index contributed by atoms with van der Waals surface area (Å²) in [5, 5.41) is 1.83. The van der Waals surface area contributed by atoms with Crippen molar-refractivity contribution in [2.75, 3.05) is 26.2 Å². The Bertz CT molecular complexity index is 1580. The highest BCUT2D eigenvalue weighted by molar-refractivity contribution is 6.32. The van der Waals surface area contributed by atoms with Crippen molar-refractivity contribution >= 4 is 46.3 Å². The lowest BCUT2D eigenvalue weighted by molar-refractivity contribution is -0.127. The molecule has 0 unspecified atom stereocenters. The number of halogens is 3. The number of hydrogen-bond acceptors (Lipinski definition) is 5. The summed E-state index contributed by atoms with van der Waals surface area (Å²) in [5.74, 6) is 1.50. The molecule has 0 aliphatic carbocycles. The van der Waals surface area contributed by atoms with Gasteiger partial charge in [0.25, 0.3) is 0 Å². The molecule has 2 heterocycles. The number of ether oxygens (including phenoxy) is 2. The summed E-state index contributed by atoms with van der Waals surface area (Å²) in [6, 6.07) is 22.7. The van der Waals surface area contributed by atoms with Crippen LogP contribution in [0, 0.1) is 6.92 Å². The van der Waals surface area contributed by atoms with Crippen molar-refractivity contribution in [2.24, 2.45) is 0 Å². The SMILES string of the molecule is C/C(=C/C(=O)N1CCN(Cc2ccc(Cl)cc2)CC1)c1cc(C)c(Oc2ccc(OCc3ccccc3Cl)cn2)c(Cl)c1. The van der Waals surface area contributed by atoms with Crippen LogP contribution < -0.4 is 9.47 Å². The Morgan fingerprint density at radius 1 is 0.930 bits per heavy atom. The minimum Gasteiger partial charge on any atom is -0.487 e. The second kappa shape index (κ2) is 14.3. The Balaban J connectivity index is 1.16. The second-order valence-corrected chi connectivity index (χ2v) is 11.7. The summed E-state index contributed by atoms with van der Waals surface area (Å²) in [5.41, 5.74) is 4.64. The smallest absolute Gasteiger partial charge is 0.246 e. The van der Waals surface area contributed by atoms with Crippen LogP contribution in [0.4, 0.5) is 0 Å². The lowest BCUT2D eigenvalue weighted by Crippen LogP contribution is -2.47. The van der Waals surface area contributed by atoms with Gasteiger partial charge in [0.05, 0.1) is 11.2 Å². The van der Waals surface area contributed by atoms with E-state index in [4.69, 9.17) is 44.3 Å². The molecule has 0 saturated carbocycles. The van der Waals surface area contributed by atoms with Crippen molar-refractivity contribution in [2.45, 2.75) is 27.0 Å². The fourth-order valence-corrected chi connectivity index (χ4v) is 5.44. The monoisotopic (exact) mass is 635 g/mol. The quantitative estimate of drug-likeness (QED) is 0.173. The largest absolute Gasteiger partial charge is 0.487 e. The van der Waals surface area contributed by atoms with Crippen LogP contribution in [-0.2, 0) is 17.9 Å². The van der Waals surface area contributed by atoms with E-state index >= 15 is 0 Å². The summed E-state index contributed by atoms with van der Waals surface area (Å²) in [7, 11) is 0. The molecule has 1 aliphatic heterocycles. The zero-order chi connectivity index (χ0) is 30.3. The van der Waals surface area contributed by atoms with Crippen molar-refractivity contribution in [1.82, 2.24) is 14.8 Å². The van der Waals surface area contributed by atoms with Crippen LogP contribution in [0.2, 0.25) is 15.1 Å². The first-order valence-electron chi connectivity index (χ1n) is 14.0. The highest BCUT2D eigenvalue weighted by Crippen LogP contribution is 2.35. The van der Waals surface area contributed by atoms with Gasteiger partial charge in [-0.1, -0.05) is 65.1 Å². The van der Waals surface area contributed by atoms with Gasteiger partial charge in [0, 0.05) is 60.5 Å². The fraction of sp³-hybridized carbons (Fsp3) is 0.235. The van der Waals surface area contributed by atoms with Gasteiger partial charge in [0.1, 0.15) is 12.4 Å². The molecule has 1 aromatic heterocycles. The van der Waals surface area contributed by atoms with E-state index in [9.17, 15) is 4.79 Å². The maximum absolute atomic E-state index is 13.1. The number of carbonyl (C=O) groups excluding carboxylic acids is 1. The van der Waals surface area contributed by atoms with Crippen LogP contribution in [0.25, 0.3) is 5.57 Å². The first-order valence-corrected chi connectivity index (χ1v) is 15.1. The van der Waals surface area contributed by atoms with Crippen molar-refractivity contribution in [1.29, 1.82) is 0 Å². The Kier molecular flexibility index (Phi) is 10.3. The molecule has 0 N–H and O–H groups in total. The molecular formula is C34H32Cl3N3O3. The Labute approximate surface area is 267 Å². The van der Waals surface area contributed by atoms with Gasteiger partial charge in [0.15, 0.2) is 5.75 Å². The highest BCUT2D eigenvalue weighted by atomic mass is 35.5. The third kappa shape index (κ3) is 8.30. The predicted molar refractivity (Wildman–Crippen MR) is 173 cm³/mol. The molecular weight excluding hydrogens is 605 g/mol. The molecule has 0 spiro atoms. The van der Waals surface area contributed by atoms with Crippen LogP contribution in [0.3, 0.4) is 0 Å². The molecule has 1 saturated heterocycles. The van der Waals surface area contributed by atoms with Crippen LogP contribution in [0.1, 0.15) is 29.2 Å². The molecule has 1 amide bonds. The average Bonchev–Trinajstić information content (AvgIpc) is 3.00. The van der Waals surface area contributed by atoms with E-state index < -0.39 is 0 Å². The van der Waals surface area contributed by atoms with E-state index in [1.165, 1.54) is 5.56 Å². The van der Waals surface area contributed by atoms with Gasteiger partial charge in [-0.2, -0.15) is 0 Å². The number of nitrogens with zero attached hydrogens (tertiary/aromatic N) is 3. The molecule has 222 valence electrons. The molecule has 0 bridgehead atoms. The molecule has 43 heavy (non-hydrogen) atoms. The lowest BCUT2D eigenvalue weighted by atomic mass is 10.0. The minimum absolute atomic E-state index is 0.00112. The number of hydrogen-bond donors (Lipinski definition) is 0. The minimum atomic E-state index is -0.00112. The van der Waals surface area contributed by atoms with Gasteiger partial charge in [-0.3, -0.25) is 9.69 Å². The number of aryl methyl sites for hydroxylation is 1. The normalized spacial score (nSPS) is 14.1. The Morgan fingerprint density at radius 3 is 2.35 bits per heavy atom. The number of aromatic nitrogens is 1. The predicted octanol–water partition coefficient (Wildman–Crippen LogP) is 8.47. The molecule has 4 aromatic rings. The van der Waals surface area contributed by atoms with Crippen molar-refractivity contribution in [3.63, 3.8) is 0 Å². The number of rotatable bonds is 9. The maximum Gasteiger partial charge on any atom is 0.246 e. The third-order valence-corrected chi connectivity index (χ3v) is 8.20. The van der Waals surface area contributed by atoms with Gasteiger partial charge in [-0.05, 0) is 72.5 Å². The Hall–Kier alpha value is -3.55. The number of pyridine rings is 1. The summed E-state index contributed by atoms with van der Waals surface area (Å²) in [4.78, 5) is 21.7. The molecule has 3 aromatic carbocycles. The van der Waals surface area contributed by atoms with E-state index in [1.807, 2.05) is 79.4 Å². The topological polar surface area (TPSA) is 54.9 Å². The van der Waals surface area contributed by atoms with E-state index in [0.29, 0.717) is 47.1 Å². The summed E-state index contributed by atoms with van der Waals surface area (Å²) >= 11 is 18.8. The van der Waals surface area contributed by atoms with Gasteiger partial charge < -0.3 is 14.4 Å². The first kappa shape index (κ1) is 30.9. The Morgan fingerprint density at radius 2 is 1.67 bits per heavy atom. The molecule has 1 aliphatic rings. The van der Waals surface area contributed by atoms with Gasteiger partial charge >= 0.3 is 0 Å². The van der Waals surface area contributed by atoms with Crippen molar-refractivity contribution in [3.8, 4) is 17.4 Å². The standard InChI is InChI=1S/C34H32Cl3N3O3/c1-23(18-33(41)40-15-13-39(14-16-40)21-25-7-9-28(35)10-8-25)27-17-24(2)34(31(37)19-27)43-32-12-11-29(20-38-32)42-22-26-5-3-4-6-30(26)36/h3-12,17-20H,13-16,21-22H2,1-2H3/b23-18-. The van der Waals surface area contributed by atoms with E-state index in [0.717, 1.165) is 46.9 Å². The summed E-state index contributed by atoms with van der Waals surface area (Å²) < 4.78 is 11.8. The summed E-state index contributed by atoms with van der Waals surface area (Å²) in [6.45, 7) is 8.02. The number of benzene rings is 3.